The predicted octanol–water partition coefficient (Wildman–Crippen LogP) is 2.19. The Hall–Kier alpha value is -2.70. The fourth-order valence-corrected chi connectivity index (χ4v) is 2.37. The number of aromatic nitrogens is 4. The maximum absolute atomic E-state index is 8.36. The molecule has 0 amide bonds. The highest BCUT2D eigenvalue weighted by molar-refractivity contribution is 5.43. The van der Waals surface area contributed by atoms with E-state index in [0.29, 0.717) is 18.2 Å². The lowest BCUT2D eigenvalue weighted by Gasteiger charge is -1.98. The number of hydrogen-bond acceptors (Lipinski definition) is 5. The van der Waals surface area contributed by atoms with Crippen LogP contribution in [0.2, 0.25) is 0 Å². The van der Waals surface area contributed by atoms with E-state index in [2.05, 4.69) is 37.9 Å². The largest absolute Gasteiger partial charge is 0.483 e. The second-order valence-electron chi connectivity index (χ2n) is 5.23. The molecule has 7 nitrogen and oxygen atoms in total. The normalized spacial score (nSPS) is 13.7. The first-order valence-corrected chi connectivity index (χ1v) is 7.04. The van der Waals surface area contributed by atoms with Gasteiger partial charge in [-0.2, -0.15) is 0 Å². The molecule has 4 rings (SSSR count). The molecule has 0 aliphatic heterocycles. The average molecular weight is 300 g/mol. The van der Waals surface area contributed by atoms with E-state index in [-0.39, 0.29) is 6.47 Å². The van der Waals surface area contributed by atoms with Gasteiger partial charge in [0.05, 0.1) is 12.1 Å². The summed E-state index contributed by atoms with van der Waals surface area (Å²) >= 11 is 0. The summed E-state index contributed by atoms with van der Waals surface area (Å²) < 4.78 is 7.47. The lowest BCUT2D eigenvalue weighted by Crippen LogP contribution is -1.88. The minimum Gasteiger partial charge on any atom is -0.483 e. The number of hydrogen-bond donors (Lipinski definition) is 1. The molecule has 1 N–H and O–H groups in total. The number of aryl methyl sites for hydroxylation is 1. The summed E-state index contributed by atoms with van der Waals surface area (Å²) in [5.74, 6) is 1.96. The highest BCUT2D eigenvalue weighted by atomic mass is 16.4. The van der Waals surface area contributed by atoms with Crippen molar-refractivity contribution in [2.75, 3.05) is 0 Å². The Morgan fingerprint density at radius 3 is 2.77 bits per heavy atom. The van der Waals surface area contributed by atoms with Crippen LogP contribution < -0.4 is 0 Å². The number of pyridine rings is 1. The third kappa shape index (κ3) is 3.13. The van der Waals surface area contributed by atoms with Gasteiger partial charge in [0.1, 0.15) is 5.65 Å². The Morgan fingerprint density at radius 1 is 1.36 bits per heavy atom. The molecular weight excluding hydrogens is 284 g/mol. The predicted molar refractivity (Wildman–Crippen MR) is 77.7 cm³/mol. The molecule has 1 fully saturated rings. The van der Waals surface area contributed by atoms with Gasteiger partial charge in [-0.3, -0.25) is 4.79 Å². The molecule has 1 saturated carbocycles. The van der Waals surface area contributed by atoms with Crippen LogP contribution in [0.4, 0.5) is 0 Å². The second kappa shape index (κ2) is 5.97. The number of imidazole rings is 1. The van der Waals surface area contributed by atoms with Crippen molar-refractivity contribution in [3.63, 3.8) is 0 Å². The molecule has 7 heteroatoms. The van der Waals surface area contributed by atoms with Crippen molar-refractivity contribution >= 4 is 12.1 Å². The van der Waals surface area contributed by atoms with E-state index in [1.165, 1.54) is 18.4 Å². The molecule has 1 aliphatic carbocycles. The quantitative estimate of drug-likeness (QED) is 0.745. The molecular formula is C15H16N4O3. The Balaban J connectivity index is 0.000000446. The molecule has 0 unspecified atom stereocenters. The number of rotatable bonds is 3. The summed E-state index contributed by atoms with van der Waals surface area (Å²) in [6.45, 7) is 1.54. The van der Waals surface area contributed by atoms with Crippen molar-refractivity contribution in [1.82, 2.24) is 19.6 Å². The second-order valence-corrected chi connectivity index (χ2v) is 5.23. The van der Waals surface area contributed by atoms with Gasteiger partial charge in [-0.25, -0.2) is 4.98 Å². The summed E-state index contributed by atoms with van der Waals surface area (Å²) in [5.41, 5.74) is 3.33. The molecule has 22 heavy (non-hydrogen) atoms. The molecule has 1 aliphatic rings. The van der Waals surface area contributed by atoms with Gasteiger partial charge in [0.25, 0.3) is 6.47 Å². The van der Waals surface area contributed by atoms with Gasteiger partial charge in [-0.05, 0) is 30.4 Å². The molecule has 0 spiro atoms. The SMILES string of the molecule is Cc1nnc(Cc2cn3cc(C4CC4)ccc3n2)o1.O=CO. The smallest absolute Gasteiger partial charge is 0.290 e. The van der Waals surface area contributed by atoms with Gasteiger partial charge in [0.15, 0.2) is 0 Å². The zero-order valence-corrected chi connectivity index (χ0v) is 12.1. The van der Waals surface area contributed by atoms with Gasteiger partial charge in [0, 0.05) is 19.3 Å². The lowest BCUT2D eigenvalue weighted by atomic mass is 10.2. The Kier molecular flexibility index (Phi) is 3.86. The van der Waals surface area contributed by atoms with Crippen LogP contribution in [0.3, 0.4) is 0 Å². The zero-order chi connectivity index (χ0) is 15.5. The molecule has 0 aromatic carbocycles. The Bertz CT molecular complexity index is 789. The maximum atomic E-state index is 8.36. The highest BCUT2D eigenvalue weighted by Gasteiger charge is 2.23. The van der Waals surface area contributed by atoms with Crippen LogP contribution in [0.5, 0.6) is 0 Å². The number of carbonyl (C=O) groups is 1. The van der Waals surface area contributed by atoms with Crippen LogP contribution in [-0.2, 0) is 11.2 Å². The van der Waals surface area contributed by atoms with Crippen molar-refractivity contribution < 1.29 is 14.3 Å². The monoisotopic (exact) mass is 300 g/mol. The van der Waals surface area contributed by atoms with E-state index in [1.54, 1.807) is 6.92 Å². The van der Waals surface area contributed by atoms with Crippen molar-refractivity contribution in [1.29, 1.82) is 0 Å². The van der Waals surface area contributed by atoms with Gasteiger partial charge in [-0.15, -0.1) is 10.2 Å². The van der Waals surface area contributed by atoms with Crippen molar-refractivity contribution in [3.8, 4) is 0 Å². The van der Waals surface area contributed by atoms with Crippen molar-refractivity contribution in [2.45, 2.75) is 32.1 Å². The maximum Gasteiger partial charge on any atom is 0.290 e. The molecule has 3 heterocycles. The molecule has 3 aromatic heterocycles. The summed E-state index contributed by atoms with van der Waals surface area (Å²) in [6.07, 6.45) is 7.44. The Morgan fingerprint density at radius 2 is 2.14 bits per heavy atom. The number of carboxylic acid groups (broad SMARTS) is 1. The van der Waals surface area contributed by atoms with Crippen molar-refractivity contribution in [2.24, 2.45) is 0 Å². The van der Waals surface area contributed by atoms with E-state index in [1.807, 2.05) is 6.20 Å². The third-order valence-electron chi connectivity index (χ3n) is 3.47. The molecule has 0 radical (unpaired) electrons. The van der Waals surface area contributed by atoms with Crippen LogP contribution in [0.25, 0.3) is 5.65 Å². The molecule has 0 atom stereocenters. The fourth-order valence-electron chi connectivity index (χ4n) is 2.37. The van der Waals surface area contributed by atoms with E-state index >= 15 is 0 Å². The third-order valence-corrected chi connectivity index (χ3v) is 3.47. The molecule has 0 bridgehead atoms. The number of fused-ring (bicyclic) bond motifs is 1. The van der Waals surface area contributed by atoms with Crippen LogP contribution in [0.15, 0.2) is 28.9 Å². The minimum atomic E-state index is -0.250. The summed E-state index contributed by atoms with van der Waals surface area (Å²) in [5, 5.41) is 14.7. The summed E-state index contributed by atoms with van der Waals surface area (Å²) in [4.78, 5) is 12.9. The highest BCUT2D eigenvalue weighted by Crippen LogP contribution is 2.39. The first-order chi connectivity index (χ1) is 10.7. The van der Waals surface area contributed by atoms with Gasteiger partial charge in [-0.1, -0.05) is 6.07 Å². The van der Waals surface area contributed by atoms with Crippen molar-refractivity contribution in [3.05, 3.63) is 47.6 Å². The first kappa shape index (κ1) is 14.2. The van der Waals surface area contributed by atoms with Crippen LogP contribution in [0.1, 0.15) is 41.8 Å². The summed E-state index contributed by atoms with van der Waals surface area (Å²) in [7, 11) is 0. The van der Waals surface area contributed by atoms with Gasteiger partial charge in [0.2, 0.25) is 11.8 Å². The van der Waals surface area contributed by atoms with Crippen LogP contribution in [0, 0.1) is 6.92 Å². The Labute approximate surface area is 126 Å². The summed E-state index contributed by atoms with van der Waals surface area (Å²) in [6, 6.07) is 4.26. The minimum absolute atomic E-state index is 0.250. The van der Waals surface area contributed by atoms with E-state index < -0.39 is 0 Å². The van der Waals surface area contributed by atoms with Crippen LogP contribution in [-0.4, -0.2) is 31.2 Å². The standard InChI is InChI=1S/C14H14N4O.CH2O2/c1-9-16-17-14(19-9)6-12-8-18-7-11(10-2-3-10)4-5-13(18)15-12;2-1-3/h4-5,7-8,10H,2-3,6H2,1H3;1H,(H,2,3). The molecule has 3 aromatic rings. The average Bonchev–Trinajstić information content (AvgIpc) is 3.15. The zero-order valence-electron chi connectivity index (χ0n) is 12.1. The van der Waals surface area contributed by atoms with Crippen LogP contribution >= 0.6 is 0 Å². The topological polar surface area (TPSA) is 93.5 Å². The van der Waals surface area contributed by atoms with E-state index in [4.69, 9.17) is 14.3 Å². The number of nitrogens with zero attached hydrogens (tertiary/aromatic N) is 4. The fraction of sp³-hybridized carbons (Fsp3) is 0.333. The van der Waals surface area contributed by atoms with Gasteiger partial charge < -0.3 is 13.9 Å². The lowest BCUT2D eigenvalue weighted by molar-refractivity contribution is -0.122. The molecule has 114 valence electrons. The van der Waals surface area contributed by atoms with E-state index in [0.717, 1.165) is 17.3 Å². The van der Waals surface area contributed by atoms with E-state index in [9.17, 15) is 0 Å². The first-order valence-electron chi connectivity index (χ1n) is 7.04. The molecule has 0 saturated heterocycles. The van der Waals surface area contributed by atoms with Gasteiger partial charge >= 0.3 is 0 Å².